The van der Waals surface area contributed by atoms with E-state index in [1.54, 1.807) is 26.4 Å². The average Bonchev–Trinajstić information content (AvgIpc) is 3.51. The van der Waals surface area contributed by atoms with Gasteiger partial charge >= 0.3 is 0 Å². The molecule has 0 bridgehead atoms. The minimum atomic E-state index is -0.264. The van der Waals surface area contributed by atoms with Crippen molar-refractivity contribution in [2.75, 3.05) is 46.9 Å². The van der Waals surface area contributed by atoms with Crippen LogP contribution in [0.4, 0.5) is 4.39 Å². The maximum Gasteiger partial charge on any atom is 0.273 e. The number of piperazine rings is 1. The number of rotatable bonds is 12. The summed E-state index contributed by atoms with van der Waals surface area (Å²) in [4.78, 5) is 24.5. The molecule has 0 N–H and O–H groups in total. The van der Waals surface area contributed by atoms with Crippen LogP contribution in [0, 0.1) is 5.82 Å². The standard InChI is InChI=1S/C34H37FN4O3S/c1-41-30-15-12-28(32(21-30)42-2)23-38(22-27-10-13-29(35)14-11-27)24-33-36-31(25-43-33)34(40)39-19-17-37(18-20-39)16-6-9-26-7-4-3-5-8-26/h3-15,21,25H,16-20,22-24H2,1-2H3. The monoisotopic (exact) mass is 600 g/mol. The van der Waals surface area contributed by atoms with Crippen LogP contribution in [-0.2, 0) is 19.6 Å². The van der Waals surface area contributed by atoms with E-state index in [4.69, 9.17) is 14.5 Å². The highest BCUT2D eigenvalue weighted by Gasteiger charge is 2.24. The third kappa shape index (κ3) is 8.50. The summed E-state index contributed by atoms with van der Waals surface area (Å²) in [6.45, 7) is 5.57. The van der Waals surface area contributed by atoms with Crippen LogP contribution in [0.2, 0.25) is 0 Å². The van der Waals surface area contributed by atoms with Crippen LogP contribution in [-0.4, -0.2) is 72.5 Å². The van der Waals surface area contributed by atoms with E-state index in [1.807, 2.05) is 46.7 Å². The molecule has 43 heavy (non-hydrogen) atoms. The molecule has 7 nitrogen and oxygen atoms in total. The number of hydrogen-bond acceptors (Lipinski definition) is 7. The van der Waals surface area contributed by atoms with Gasteiger partial charge in [-0.1, -0.05) is 60.7 Å². The molecule has 1 amide bonds. The lowest BCUT2D eigenvalue weighted by Crippen LogP contribution is -2.48. The maximum atomic E-state index is 13.6. The molecule has 3 aromatic carbocycles. The zero-order valence-corrected chi connectivity index (χ0v) is 25.4. The van der Waals surface area contributed by atoms with Gasteiger partial charge in [-0.15, -0.1) is 11.3 Å². The third-order valence-electron chi connectivity index (χ3n) is 7.47. The molecule has 1 aliphatic rings. The number of halogens is 1. The van der Waals surface area contributed by atoms with Crippen LogP contribution in [0.3, 0.4) is 0 Å². The van der Waals surface area contributed by atoms with Gasteiger partial charge in [0.05, 0.1) is 20.8 Å². The molecule has 0 radical (unpaired) electrons. The van der Waals surface area contributed by atoms with Crippen molar-refractivity contribution >= 4 is 23.3 Å². The normalized spacial score (nSPS) is 14.0. The van der Waals surface area contributed by atoms with Crippen molar-refractivity contribution in [1.82, 2.24) is 19.7 Å². The van der Waals surface area contributed by atoms with E-state index in [0.29, 0.717) is 38.4 Å². The second-order valence-corrected chi connectivity index (χ2v) is 11.4. The maximum absolute atomic E-state index is 13.6. The molecule has 1 fully saturated rings. The second kappa shape index (κ2) is 14.9. The largest absolute Gasteiger partial charge is 0.497 e. The number of amides is 1. The summed E-state index contributed by atoms with van der Waals surface area (Å²) >= 11 is 1.49. The lowest BCUT2D eigenvalue weighted by Gasteiger charge is -2.33. The molecule has 2 heterocycles. The molecule has 224 valence electrons. The van der Waals surface area contributed by atoms with E-state index in [0.717, 1.165) is 47.3 Å². The average molecular weight is 601 g/mol. The van der Waals surface area contributed by atoms with Crippen LogP contribution in [0.25, 0.3) is 6.08 Å². The molecule has 0 atom stereocenters. The number of carbonyl (C=O) groups excluding carboxylic acids is 1. The number of methoxy groups -OCH3 is 2. The Morgan fingerprint density at radius 3 is 2.44 bits per heavy atom. The van der Waals surface area contributed by atoms with Crippen molar-refractivity contribution < 1.29 is 18.7 Å². The first-order valence-corrected chi connectivity index (χ1v) is 15.2. The number of thiazole rings is 1. The van der Waals surface area contributed by atoms with Gasteiger partial charge in [0.15, 0.2) is 0 Å². The van der Waals surface area contributed by atoms with Crippen molar-refractivity contribution in [3.8, 4) is 11.5 Å². The summed E-state index contributed by atoms with van der Waals surface area (Å²) in [5, 5.41) is 2.71. The Hall–Kier alpha value is -4.05. The van der Waals surface area contributed by atoms with Gasteiger partial charge in [0.2, 0.25) is 0 Å². The van der Waals surface area contributed by atoms with E-state index < -0.39 is 0 Å². The molecule has 5 rings (SSSR count). The Morgan fingerprint density at radius 1 is 0.953 bits per heavy atom. The molecule has 0 unspecified atom stereocenters. The molecular formula is C34H37FN4O3S. The molecule has 1 aromatic heterocycles. The van der Waals surface area contributed by atoms with Gasteiger partial charge in [-0.05, 0) is 29.3 Å². The van der Waals surface area contributed by atoms with E-state index in [-0.39, 0.29) is 11.7 Å². The molecule has 1 saturated heterocycles. The zero-order chi connectivity index (χ0) is 30.0. The van der Waals surface area contributed by atoms with Crippen molar-refractivity contribution in [1.29, 1.82) is 0 Å². The smallest absolute Gasteiger partial charge is 0.273 e. The van der Waals surface area contributed by atoms with E-state index in [1.165, 1.54) is 29.0 Å². The van der Waals surface area contributed by atoms with Crippen LogP contribution in [0.15, 0.2) is 84.3 Å². The summed E-state index contributed by atoms with van der Waals surface area (Å²) < 4.78 is 24.6. The van der Waals surface area contributed by atoms with Crippen LogP contribution in [0.5, 0.6) is 11.5 Å². The van der Waals surface area contributed by atoms with Gasteiger partial charge in [-0.3, -0.25) is 14.6 Å². The summed E-state index contributed by atoms with van der Waals surface area (Å²) in [5.74, 6) is 1.16. The highest BCUT2D eigenvalue weighted by atomic mass is 32.1. The molecule has 0 aliphatic carbocycles. The molecular weight excluding hydrogens is 563 g/mol. The fourth-order valence-corrected chi connectivity index (χ4v) is 5.92. The zero-order valence-electron chi connectivity index (χ0n) is 24.6. The van der Waals surface area contributed by atoms with Crippen LogP contribution < -0.4 is 9.47 Å². The predicted octanol–water partition coefficient (Wildman–Crippen LogP) is 5.97. The van der Waals surface area contributed by atoms with Crippen LogP contribution in [0.1, 0.15) is 32.2 Å². The van der Waals surface area contributed by atoms with Crippen molar-refractivity contribution in [2.24, 2.45) is 0 Å². The number of benzene rings is 3. The highest BCUT2D eigenvalue weighted by Crippen LogP contribution is 2.27. The Kier molecular flexibility index (Phi) is 10.5. The van der Waals surface area contributed by atoms with Crippen molar-refractivity contribution in [2.45, 2.75) is 19.6 Å². The molecule has 0 spiro atoms. The number of ether oxygens (including phenoxy) is 2. The van der Waals surface area contributed by atoms with E-state index in [9.17, 15) is 9.18 Å². The number of aromatic nitrogens is 1. The molecule has 4 aromatic rings. The minimum Gasteiger partial charge on any atom is -0.497 e. The summed E-state index contributed by atoms with van der Waals surface area (Å²) in [6.07, 6.45) is 4.32. The lowest BCUT2D eigenvalue weighted by atomic mass is 10.1. The fraction of sp³-hybridized carbons (Fsp3) is 0.294. The quantitative estimate of drug-likeness (QED) is 0.200. The van der Waals surface area contributed by atoms with Gasteiger partial charge in [0, 0.05) is 62.8 Å². The summed E-state index contributed by atoms with van der Waals surface area (Å²) in [5.41, 5.74) is 3.66. The Balaban J connectivity index is 1.21. The van der Waals surface area contributed by atoms with Crippen molar-refractivity contribution in [3.63, 3.8) is 0 Å². The summed E-state index contributed by atoms with van der Waals surface area (Å²) in [6, 6.07) is 22.6. The second-order valence-electron chi connectivity index (χ2n) is 10.5. The first-order valence-electron chi connectivity index (χ1n) is 14.4. The van der Waals surface area contributed by atoms with Crippen molar-refractivity contribution in [3.05, 3.63) is 117 Å². The first-order chi connectivity index (χ1) is 21.0. The Morgan fingerprint density at radius 2 is 1.72 bits per heavy atom. The van der Waals surface area contributed by atoms with Gasteiger partial charge in [-0.2, -0.15) is 0 Å². The fourth-order valence-electron chi connectivity index (χ4n) is 5.11. The molecule has 0 saturated carbocycles. The molecule has 1 aliphatic heterocycles. The SMILES string of the molecule is COc1ccc(CN(Cc2ccc(F)cc2)Cc2nc(C(=O)N3CCN(CC=Cc4ccccc4)CC3)cs2)c(OC)c1. The van der Waals surface area contributed by atoms with Gasteiger partial charge < -0.3 is 14.4 Å². The lowest BCUT2D eigenvalue weighted by molar-refractivity contribution is 0.0645. The predicted molar refractivity (Wildman–Crippen MR) is 169 cm³/mol. The number of carbonyl (C=O) groups is 1. The Labute approximate surface area is 256 Å². The third-order valence-corrected chi connectivity index (χ3v) is 8.30. The highest BCUT2D eigenvalue weighted by molar-refractivity contribution is 7.09. The minimum absolute atomic E-state index is 0.0242. The van der Waals surface area contributed by atoms with Gasteiger partial charge in [-0.25, -0.2) is 9.37 Å². The van der Waals surface area contributed by atoms with Gasteiger partial charge in [0.25, 0.3) is 5.91 Å². The van der Waals surface area contributed by atoms with E-state index >= 15 is 0 Å². The number of hydrogen-bond donors (Lipinski definition) is 0. The van der Waals surface area contributed by atoms with E-state index in [2.05, 4.69) is 34.1 Å². The number of nitrogens with zero attached hydrogens (tertiary/aromatic N) is 4. The Bertz CT molecular complexity index is 1500. The summed E-state index contributed by atoms with van der Waals surface area (Å²) in [7, 11) is 3.27. The topological polar surface area (TPSA) is 58.1 Å². The first kappa shape index (κ1) is 30.4. The molecule has 9 heteroatoms. The van der Waals surface area contributed by atoms with Crippen LogP contribution >= 0.6 is 11.3 Å². The van der Waals surface area contributed by atoms with Gasteiger partial charge in [0.1, 0.15) is 28.0 Å².